The lowest BCUT2D eigenvalue weighted by Gasteiger charge is -2.34. The number of nitrogens with zero attached hydrogens (tertiary/aromatic N) is 2. The number of ether oxygens (including phenoxy) is 1. The van der Waals surface area contributed by atoms with Crippen LogP contribution in [0.15, 0.2) is 53.1 Å². The molecule has 7 heteroatoms. The van der Waals surface area contributed by atoms with Gasteiger partial charge in [0.05, 0.1) is 19.3 Å². The van der Waals surface area contributed by atoms with Gasteiger partial charge in [-0.15, -0.1) is 0 Å². The molecule has 1 aromatic heterocycles. The average molecular weight is 466 g/mol. The normalized spacial score (nSPS) is 17.4. The highest BCUT2D eigenvalue weighted by Gasteiger charge is 2.24. The van der Waals surface area contributed by atoms with Gasteiger partial charge in [0.1, 0.15) is 0 Å². The number of fused-ring (bicyclic) bond motifs is 1. The molecule has 1 fully saturated rings. The second-order valence-corrected chi connectivity index (χ2v) is 9.13. The first-order valence-corrected chi connectivity index (χ1v) is 12.0. The molecule has 2 aromatic carbocycles. The van der Waals surface area contributed by atoms with Gasteiger partial charge in [-0.25, -0.2) is 0 Å². The number of carbonyl (C=O) groups is 1. The van der Waals surface area contributed by atoms with Crippen molar-refractivity contribution in [1.29, 1.82) is 0 Å². The summed E-state index contributed by atoms with van der Waals surface area (Å²) >= 11 is 6.08. The van der Waals surface area contributed by atoms with Crippen LogP contribution in [0.4, 0.5) is 0 Å². The van der Waals surface area contributed by atoms with Crippen LogP contribution < -0.4 is 5.32 Å². The molecule has 0 radical (unpaired) electrons. The Kier molecular flexibility index (Phi) is 6.76. The van der Waals surface area contributed by atoms with Gasteiger partial charge in [-0.2, -0.15) is 0 Å². The summed E-state index contributed by atoms with van der Waals surface area (Å²) in [6.45, 7) is 3.46. The molecule has 2 heterocycles. The van der Waals surface area contributed by atoms with Crippen LogP contribution in [0.25, 0.3) is 11.3 Å². The molecule has 172 valence electrons. The van der Waals surface area contributed by atoms with Crippen molar-refractivity contribution >= 4 is 17.5 Å². The molecule has 5 rings (SSSR count). The minimum absolute atomic E-state index is 0.0298. The van der Waals surface area contributed by atoms with Crippen LogP contribution in [0.2, 0.25) is 5.02 Å². The molecular formula is C26H28ClN3O3. The van der Waals surface area contributed by atoms with Gasteiger partial charge >= 0.3 is 0 Å². The second-order valence-electron chi connectivity index (χ2n) is 8.69. The number of halogens is 1. The molecule has 0 saturated carbocycles. The zero-order valence-electron chi connectivity index (χ0n) is 18.6. The van der Waals surface area contributed by atoms with E-state index in [0.29, 0.717) is 36.2 Å². The Morgan fingerprint density at radius 3 is 2.58 bits per heavy atom. The quantitative estimate of drug-likeness (QED) is 0.572. The third kappa shape index (κ3) is 5.13. The molecule has 2 aliphatic rings. The zero-order valence-corrected chi connectivity index (χ0v) is 19.3. The number of benzene rings is 2. The number of aryl methyl sites for hydroxylation is 2. The van der Waals surface area contributed by atoms with E-state index in [2.05, 4.69) is 33.6 Å². The predicted octanol–water partition coefficient (Wildman–Crippen LogP) is 4.68. The highest BCUT2D eigenvalue weighted by Crippen LogP contribution is 2.28. The zero-order chi connectivity index (χ0) is 22.6. The Balaban J connectivity index is 1.28. The highest BCUT2D eigenvalue weighted by molar-refractivity contribution is 6.30. The van der Waals surface area contributed by atoms with E-state index < -0.39 is 0 Å². The van der Waals surface area contributed by atoms with E-state index in [1.807, 2.05) is 24.3 Å². The van der Waals surface area contributed by atoms with E-state index in [-0.39, 0.29) is 11.9 Å². The Morgan fingerprint density at radius 2 is 1.79 bits per heavy atom. The van der Waals surface area contributed by atoms with Gasteiger partial charge in [-0.1, -0.05) is 41.0 Å². The van der Waals surface area contributed by atoms with E-state index >= 15 is 0 Å². The number of amides is 1. The van der Waals surface area contributed by atoms with Gasteiger partial charge in [0.15, 0.2) is 11.5 Å². The Morgan fingerprint density at radius 1 is 1.03 bits per heavy atom. The molecule has 1 aliphatic heterocycles. The summed E-state index contributed by atoms with van der Waals surface area (Å²) in [5, 5.41) is 7.78. The molecule has 1 saturated heterocycles. The monoisotopic (exact) mass is 465 g/mol. The van der Waals surface area contributed by atoms with Gasteiger partial charge in [-0.3, -0.25) is 9.69 Å². The molecule has 1 amide bonds. The maximum Gasteiger partial charge on any atom is 0.273 e. The van der Waals surface area contributed by atoms with Gasteiger partial charge in [0, 0.05) is 36.3 Å². The van der Waals surface area contributed by atoms with E-state index in [0.717, 1.165) is 37.1 Å². The van der Waals surface area contributed by atoms with Crippen molar-refractivity contribution in [2.45, 2.75) is 31.7 Å². The minimum atomic E-state index is -0.241. The molecule has 3 aromatic rings. The first-order chi connectivity index (χ1) is 16.2. The van der Waals surface area contributed by atoms with Crippen LogP contribution in [0, 0.1) is 0 Å². The molecule has 0 spiro atoms. The minimum Gasteiger partial charge on any atom is -0.379 e. The van der Waals surface area contributed by atoms with Crippen molar-refractivity contribution in [2.75, 3.05) is 32.8 Å². The van der Waals surface area contributed by atoms with E-state index in [1.165, 1.54) is 24.0 Å². The summed E-state index contributed by atoms with van der Waals surface area (Å²) in [5.74, 6) is 0.381. The number of nitrogens with one attached hydrogen (secondary N) is 1. The van der Waals surface area contributed by atoms with Crippen LogP contribution in [0.3, 0.4) is 0 Å². The molecule has 33 heavy (non-hydrogen) atoms. The number of hydrogen-bond donors (Lipinski definition) is 1. The lowest BCUT2D eigenvalue weighted by molar-refractivity contribution is 0.0162. The molecular weight excluding hydrogens is 438 g/mol. The number of hydrogen-bond acceptors (Lipinski definition) is 5. The summed E-state index contributed by atoms with van der Waals surface area (Å²) in [7, 11) is 0. The van der Waals surface area contributed by atoms with Crippen LogP contribution in [-0.4, -0.2) is 48.8 Å². The predicted molar refractivity (Wildman–Crippen MR) is 127 cm³/mol. The topological polar surface area (TPSA) is 67.6 Å². The average Bonchev–Trinajstić information content (AvgIpc) is 3.36. The third-order valence-electron chi connectivity index (χ3n) is 6.57. The smallest absolute Gasteiger partial charge is 0.273 e. The van der Waals surface area contributed by atoms with Crippen molar-refractivity contribution in [3.05, 3.63) is 75.9 Å². The maximum absolute atomic E-state index is 12.9. The molecule has 1 N–H and O–H groups in total. The maximum atomic E-state index is 12.9. The van der Waals surface area contributed by atoms with Crippen molar-refractivity contribution in [1.82, 2.24) is 15.4 Å². The molecule has 6 nitrogen and oxygen atoms in total. The fourth-order valence-corrected chi connectivity index (χ4v) is 4.84. The second kappa shape index (κ2) is 10.1. The lowest BCUT2D eigenvalue weighted by atomic mass is 9.90. The van der Waals surface area contributed by atoms with E-state index in [1.54, 1.807) is 6.07 Å². The largest absolute Gasteiger partial charge is 0.379 e. The van der Waals surface area contributed by atoms with Crippen LogP contribution in [-0.2, 0) is 17.6 Å². The van der Waals surface area contributed by atoms with Gasteiger partial charge in [-0.05, 0) is 60.6 Å². The first-order valence-electron chi connectivity index (χ1n) is 11.6. The SMILES string of the molecule is O=C(NC[C@@H](c1ccc(Cl)cc1)N1CCOCC1)c1cc(-c2ccc3c(c2)CCCC3)on1. The summed E-state index contributed by atoms with van der Waals surface area (Å²) in [6.07, 6.45) is 4.70. The standard InChI is InChI=1S/C26H28ClN3O3/c27-22-9-7-19(8-10-22)24(30-11-13-32-14-12-30)17-28-26(31)23-16-25(33-29-23)21-6-5-18-3-1-2-4-20(18)15-21/h5-10,15-16,24H,1-4,11-14,17H2,(H,28,31)/t24-/m0/s1. The number of morpholine rings is 1. The first kappa shape index (κ1) is 22.1. The van der Waals surface area contributed by atoms with Crippen molar-refractivity contribution in [3.8, 4) is 11.3 Å². The third-order valence-corrected chi connectivity index (χ3v) is 6.82. The summed E-state index contributed by atoms with van der Waals surface area (Å²) in [6, 6.07) is 16.0. The fourth-order valence-electron chi connectivity index (χ4n) is 4.72. The van der Waals surface area contributed by atoms with Gasteiger partial charge in [0.25, 0.3) is 5.91 Å². The van der Waals surface area contributed by atoms with Crippen molar-refractivity contribution in [2.24, 2.45) is 0 Å². The van der Waals surface area contributed by atoms with Crippen LogP contribution in [0.5, 0.6) is 0 Å². The molecule has 0 unspecified atom stereocenters. The summed E-state index contributed by atoms with van der Waals surface area (Å²) in [5.41, 5.74) is 5.15. The van der Waals surface area contributed by atoms with E-state index in [4.69, 9.17) is 20.9 Å². The molecule has 1 atom stereocenters. The molecule has 1 aliphatic carbocycles. The Bertz CT molecular complexity index is 1110. The van der Waals surface area contributed by atoms with Crippen LogP contribution in [0.1, 0.15) is 46.1 Å². The van der Waals surface area contributed by atoms with Crippen LogP contribution >= 0.6 is 11.6 Å². The van der Waals surface area contributed by atoms with Crippen molar-refractivity contribution < 1.29 is 14.1 Å². The molecule has 0 bridgehead atoms. The highest BCUT2D eigenvalue weighted by atomic mass is 35.5. The summed E-state index contributed by atoms with van der Waals surface area (Å²) in [4.78, 5) is 15.2. The van der Waals surface area contributed by atoms with Gasteiger partial charge in [0.2, 0.25) is 0 Å². The Hall–Kier alpha value is -2.67. The lowest BCUT2D eigenvalue weighted by Crippen LogP contribution is -2.43. The Labute approximate surface area is 198 Å². The number of carbonyl (C=O) groups excluding carboxylic acids is 1. The van der Waals surface area contributed by atoms with Gasteiger partial charge < -0.3 is 14.6 Å². The number of aromatic nitrogens is 1. The van der Waals surface area contributed by atoms with Crippen molar-refractivity contribution in [3.63, 3.8) is 0 Å². The summed E-state index contributed by atoms with van der Waals surface area (Å²) < 4.78 is 11.0. The fraction of sp³-hybridized carbons (Fsp3) is 0.385. The van der Waals surface area contributed by atoms with E-state index in [9.17, 15) is 4.79 Å². The number of rotatable bonds is 6.